The van der Waals surface area contributed by atoms with Gasteiger partial charge in [-0.2, -0.15) is 0 Å². The molecule has 0 atom stereocenters. The van der Waals surface area contributed by atoms with E-state index in [1.807, 2.05) is 37.5 Å². The number of benzene rings is 2. The van der Waals surface area contributed by atoms with Crippen molar-refractivity contribution in [2.75, 3.05) is 6.61 Å². The number of hydrogen-bond acceptors (Lipinski definition) is 4. The highest BCUT2D eigenvalue weighted by molar-refractivity contribution is 6.21. The van der Waals surface area contributed by atoms with Crippen LogP contribution >= 0.6 is 0 Å². The third-order valence-corrected chi connectivity index (χ3v) is 7.98. The molecule has 45 heavy (non-hydrogen) atoms. The van der Waals surface area contributed by atoms with Crippen LogP contribution in [0, 0.1) is 0 Å². The molecule has 7 rings (SSSR count). The van der Waals surface area contributed by atoms with Gasteiger partial charge in [0.1, 0.15) is 25.2 Å². The predicted octanol–water partition coefficient (Wildman–Crippen LogP) is 0.753. The molecule has 5 aromatic heterocycles. The van der Waals surface area contributed by atoms with Gasteiger partial charge in [0.05, 0.1) is 28.7 Å². The van der Waals surface area contributed by atoms with E-state index in [0.717, 1.165) is 82.4 Å². The molecular formula is C36H34Cl2N6O. The first-order chi connectivity index (χ1) is 21.2. The highest BCUT2D eigenvalue weighted by Gasteiger charge is 2.15. The van der Waals surface area contributed by atoms with Crippen LogP contribution in [0.5, 0.6) is 5.75 Å². The Morgan fingerprint density at radius 3 is 1.98 bits per heavy atom. The van der Waals surface area contributed by atoms with Crippen molar-refractivity contribution < 1.29 is 38.7 Å². The molecule has 0 aliphatic rings. The summed E-state index contributed by atoms with van der Waals surface area (Å²) in [6, 6.07) is 24.9. The van der Waals surface area contributed by atoms with Crippen LogP contribution in [0.2, 0.25) is 0 Å². The number of pyridine rings is 4. The number of nitrogens with zero attached hydrogens (tertiary/aromatic N) is 5. The molecule has 0 fully saturated rings. The number of nitrogens with one attached hydrogen (secondary N) is 1. The maximum Gasteiger partial charge on any atom is 0.169 e. The Labute approximate surface area is 274 Å². The molecule has 0 aliphatic carbocycles. The normalized spacial score (nSPS) is 11.0. The van der Waals surface area contributed by atoms with Crippen molar-refractivity contribution in [3.63, 3.8) is 0 Å². The number of H-pyrrole nitrogens is 1. The number of unbranched alkanes of at least 4 members (excludes halogenated alkanes) is 3. The third kappa shape index (κ3) is 6.90. The number of aromatic amines is 1. The number of rotatable bonds is 10. The molecule has 0 unspecified atom stereocenters. The quantitative estimate of drug-likeness (QED) is 0.137. The van der Waals surface area contributed by atoms with Gasteiger partial charge >= 0.3 is 0 Å². The number of aryl methyl sites for hydroxylation is 2. The zero-order valence-electron chi connectivity index (χ0n) is 25.0. The summed E-state index contributed by atoms with van der Waals surface area (Å²) in [6.45, 7) is 1.76. The molecule has 228 valence electrons. The van der Waals surface area contributed by atoms with E-state index in [4.69, 9.17) is 9.72 Å². The lowest BCUT2D eigenvalue weighted by Crippen LogP contribution is -3.00. The number of halogens is 2. The fourth-order valence-electron chi connectivity index (χ4n) is 5.62. The molecule has 0 amide bonds. The average molecular weight is 638 g/mol. The molecule has 5 heterocycles. The highest BCUT2D eigenvalue weighted by atomic mass is 35.5. The van der Waals surface area contributed by atoms with Gasteiger partial charge in [0.25, 0.3) is 0 Å². The van der Waals surface area contributed by atoms with Gasteiger partial charge in [-0.1, -0.05) is 0 Å². The molecule has 0 spiro atoms. The van der Waals surface area contributed by atoms with Gasteiger partial charge in [-0.05, 0) is 78.9 Å². The molecule has 1 N–H and O–H groups in total. The van der Waals surface area contributed by atoms with Crippen LogP contribution in [0.1, 0.15) is 25.7 Å². The summed E-state index contributed by atoms with van der Waals surface area (Å²) in [5.41, 5.74) is 7.16. The molecule has 0 bridgehead atoms. The number of hydrogen-bond donors (Lipinski definition) is 1. The molecule has 0 radical (unpaired) electrons. The number of ether oxygens (including phenoxy) is 1. The van der Waals surface area contributed by atoms with Crippen LogP contribution in [0.4, 0.5) is 0 Å². The smallest absolute Gasteiger partial charge is 0.169 e. The Kier molecular flexibility index (Phi) is 10.2. The summed E-state index contributed by atoms with van der Waals surface area (Å²) in [5.74, 6) is 1.71. The van der Waals surface area contributed by atoms with Crippen LogP contribution in [-0.2, 0) is 13.6 Å². The van der Waals surface area contributed by atoms with E-state index in [1.165, 1.54) is 17.5 Å². The van der Waals surface area contributed by atoms with Crippen molar-refractivity contribution >= 4 is 32.8 Å². The zero-order chi connectivity index (χ0) is 29.0. The Bertz CT molecular complexity index is 1940. The number of aromatic nitrogens is 6. The van der Waals surface area contributed by atoms with E-state index in [-0.39, 0.29) is 24.8 Å². The van der Waals surface area contributed by atoms with Gasteiger partial charge in [-0.25, -0.2) is 14.1 Å². The molecule has 0 saturated heterocycles. The zero-order valence-corrected chi connectivity index (χ0v) is 26.5. The maximum absolute atomic E-state index is 6.04. The van der Waals surface area contributed by atoms with Gasteiger partial charge in [0, 0.05) is 59.4 Å². The molecule has 0 saturated carbocycles. The second-order valence-electron chi connectivity index (χ2n) is 11.0. The predicted molar refractivity (Wildman–Crippen MR) is 169 cm³/mol. The van der Waals surface area contributed by atoms with Gasteiger partial charge in [-0.3, -0.25) is 9.97 Å². The summed E-state index contributed by atoms with van der Waals surface area (Å²) in [6.07, 6.45) is 16.7. The Morgan fingerprint density at radius 1 is 0.644 bits per heavy atom. The van der Waals surface area contributed by atoms with E-state index in [1.54, 1.807) is 6.20 Å². The monoisotopic (exact) mass is 636 g/mol. The Balaban J connectivity index is 0.00000200. The van der Waals surface area contributed by atoms with Gasteiger partial charge in [-0.15, -0.1) is 0 Å². The van der Waals surface area contributed by atoms with Crippen LogP contribution in [0.15, 0.2) is 110 Å². The minimum Gasteiger partial charge on any atom is -1.00 e. The van der Waals surface area contributed by atoms with Gasteiger partial charge in [0.15, 0.2) is 24.8 Å². The summed E-state index contributed by atoms with van der Waals surface area (Å²) in [4.78, 5) is 17.7. The Morgan fingerprint density at radius 2 is 1.27 bits per heavy atom. The van der Waals surface area contributed by atoms with Crippen LogP contribution in [0.3, 0.4) is 0 Å². The summed E-state index contributed by atoms with van der Waals surface area (Å²) in [7, 11) is 2.04. The summed E-state index contributed by atoms with van der Waals surface area (Å²) in [5, 5.41) is 2.02. The van der Waals surface area contributed by atoms with E-state index in [0.29, 0.717) is 0 Å². The second-order valence-corrected chi connectivity index (χ2v) is 11.0. The first-order valence-corrected chi connectivity index (χ1v) is 14.9. The fourth-order valence-corrected chi connectivity index (χ4v) is 5.62. The van der Waals surface area contributed by atoms with Crippen molar-refractivity contribution in [3.8, 4) is 28.3 Å². The van der Waals surface area contributed by atoms with Crippen LogP contribution in [-0.4, -0.2) is 26.5 Å². The average Bonchev–Trinajstić information content (AvgIpc) is 3.52. The summed E-state index contributed by atoms with van der Waals surface area (Å²) < 4.78 is 10.4. The van der Waals surface area contributed by atoms with E-state index in [9.17, 15) is 0 Å². The van der Waals surface area contributed by atoms with Crippen LogP contribution < -0.4 is 38.7 Å². The largest absolute Gasteiger partial charge is 1.00 e. The third-order valence-electron chi connectivity index (χ3n) is 7.98. The van der Waals surface area contributed by atoms with Gasteiger partial charge in [0.2, 0.25) is 0 Å². The summed E-state index contributed by atoms with van der Waals surface area (Å²) >= 11 is 0. The lowest BCUT2D eigenvalue weighted by molar-refractivity contribution is -0.697. The topological polar surface area (TPSA) is 71.5 Å². The van der Waals surface area contributed by atoms with Crippen molar-refractivity contribution in [1.29, 1.82) is 0 Å². The SMILES string of the molecule is C[n+]1ccc(-c2cc[n+](CCCCCCOc3ccc(-c4nc5c6cccnc6c6ncccc6c5[nH]4)cc3)cc2)cc1.[Cl-].[Cl-]. The molecule has 2 aromatic carbocycles. The number of fused-ring (bicyclic) bond motifs is 6. The van der Waals surface area contributed by atoms with E-state index >= 15 is 0 Å². The molecule has 0 aliphatic heterocycles. The fraction of sp³-hybridized carbons (Fsp3) is 0.194. The van der Waals surface area contributed by atoms with E-state index < -0.39 is 0 Å². The van der Waals surface area contributed by atoms with Gasteiger partial charge < -0.3 is 34.5 Å². The van der Waals surface area contributed by atoms with E-state index in [2.05, 4.69) is 97.4 Å². The highest BCUT2D eigenvalue weighted by Crippen LogP contribution is 2.33. The Hall–Kier alpha value is -4.59. The minimum absolute atomic E-state index is 0. The standard InChI is InChI=1S/C36H33N6O.2ClH/c1-41-21-14-26(15-22-41)27-16-23-42(24-17-27)20-4-2-3-5-25-43-29-12-10-28(11-13-29)36-39-34-30-8-6-18-37-32(30)33-31(35(34)40-36)9-7-19-38-33;;/h6-19,21-24H,2-5,20,25H2,1H3;2*1H/q+1;;/p-1. The minimum atomic E-state index is 0. The van der Waals surface area contributed by atoms with Crippen molar-refractivity contribution in [3.05, 3.63) is 110 Å². The first-order valence-electron chi connectivity index (χ1n) is 14.9. The molecular weight excluding hydrogens is 603 g/mol. The molecule has 7 aromatic rings. The van der Waals surface area contributed by atoms with Crippen molar-refractivity contribution in [1.82, 2.24) is 19.9 Å². The lowest BCUT2D eigenvalue weighted by Gasteiger charge is -2.06. The lowest BCUT2D eigenvalue weighted by atomic mass is 10.1. The molecule has 9 heteroatoms. The number of imidazole rings is 1. The van der Waals surface area contributed by atoms with Crippen LogP contribution in [0.25, 0.3) is 55.4 Å². The second kappa shape index (κ2) is 14.5. The van der Waals surface area contributed by atoms with Crippen molar-refractivity contribution in [2.24, 2.45) is 7.05 Å². The van der Waals surface area contributed by atoms with Crippen molar-refractivity contribution in [2.45, 2.75) is 32.2 Å². The molecule has 7 nitrogen and oxygen atoms in total. The first kappa shape index (κ1) is 31.8. The maximum atomic E-state index is 6.04.